The van der Waals surface area contributed by atoms with Crippen molar-refractivity contribution in [2.45, 2.75) is 0 Å². The molecular formula is C19H11ClN2O2. The smallest absolute Gasteiger partial charge is 0.336 e. The van der Waals surface area contributed by atoms with Gasteiger partial charge in [0.15, 0.2) is 0 Å². The molecule has 5 heteroatoms. The van der Waals surface area contributed by atoms with E-state index in [4.69, 9.17) is 26.9 Å². The minimum Gasteiger partial charge on any atom is -0.423 e. The molecule has 0 fully saturated rings. The molecule has 2 rings (SSSR count). The molecule has 0 aliphatic carbocycles. The quantitative estimate of drug-likeness (QED) is 0.360. The maximum atomic E-state index is 11.8. The van der Waals surface area contributed by atoms with Crippen molar-refractivity contribution >= 4 is 29.7 Å². The summed E-state index contributed by atoms with van der Waals surface area (Å²) >= 11 is 5.79. The van der Waals surface area contributed by atoms with Crippen LogP contribution in [0.3, 0.4) is 0 Å². The van der Waals surface area contributed by atoms with Crippen LogP contribution in [0.25, 0.3) is 12.2 Å². The topological polar surface area (TPSA) is 73.9 Å². The predicted octanol–water partition coefficient (Wildman–Crippen LogP) is 4.39. The molecule has 0 saturated carbocycles. The van der Waals surface area contributed by atoms with Crippen molar-refractivity contribution < 1.29 is 9.53 Å². The van der Waals surface area contributed by atoms with Gasteiger partial charge in [0.05, 0.1) is 0 Å². The molecule has 0 aliphatic heterocycles. The van der Waals surface area contributed by atoms with Crippen LogP contribution in [0.2, 0.25) is 5.02 Å². The van der Waals surface area contributed by atoms with E-state index in [9.17, 15) is 4.79 Å². The molecule has 0 heterocycles. The third-order valence-electron chi connectivity index (χ3n) is 2.93. The summed E-state index contributed by atoms with van der Waals surface area (Å²) in [6.07, 6.45) is 4.40. The fourth-order valence-electron chi connectivity index (χ4n) is 1.78. The maximum Gasteiger partial charge on any atom is 0.336 e. The highest BCUT2D eigenvalue weighted by Gasteiger charge is 2.01. The summed E-state index contributed by atoms with van der Waals surface area (Å²) in [6, 6.07) is 17.1. The van der Waals surface area contributed by atoms with Gasteiger partial charge in [-0.1, -0.05) is 35.9 Å². The number of rotatable bonds is 4. The van der Waals surface area contributed by atoms with E-state index in [0.29, 0.717) is 16.3 Å². The normalized spacial score (nSPS) is 9.79. The summed E-state index contributed by atoms with van der Waals surface area (Å²) in [5.74, 6) is -0.142. The third-order valence-corrected chi connectivity index (χ3v) is 3.18. The zero-order valence-electron chi connectivity index (χ0n) is 12.4. The standard InChI is InChI=1S/C19H11ClN2O2/c20-17-6-1-14(2-7-17)5-10-19(23)24-18-8-3-15(4-9-18)11-16(12-21)13-22/h1-11H/b10-5+. The summed E-state index contributed by atoms with van der Waals surface area (Å²) in [7, 11) is 0. The Labute approximate surface area is 144 Å². The number of hydrogen-bond acceptors (Lipinski definition) is 4. The molecule has 24 heavy (non-hydrogen) atoms. The van der Waals surface area contributed by atoms with Crippen molar-refractivity contribution in [2.24, 2.45) is 0 Å². The van der Waals surface area contributed by atoms with Gasteiger partial charge in [-0.25, -0.2) is 4.79 Å². The van der Waals surface area contributed by atoms with E-state index in [-0.39, 0.29) is 5.57 Å². The lowest BCUT2D eigenvalue weighted by molar-refractivity contribution is -0.128. The lowest BCUT2D eigenvalue weighted by Crippen LogP contribution is -2.03. The first-order valence-electron chi connectivity index (χ1n) is 6.88. The van der Waals surface area contributed by atoms with E-state index >= 15 is 0 Å². The summed E-state index contributed by atoms with van der Waals surface area (Å²) in [4.78, 5) is 11.8. The zero-order chi connectivity index (χ0) is 17.4. The van der Waals surface area contributed by atoms with Gasteiger partial charge in [-0.05, 0) is 47.5 Å². The van der Waals surface area contributed by atoms with E-state index in [1.165, 1.54) is 12.2 Å². The van der Waals surface area contributed by atoms with Gasteiger partial charge in [-0.15, -0.1) is 0 Å². The average molecular weight is 335 g/mol. The van der Waals surface area contributed by atoms with Crippen molar-refractivity contribution in [3.63, 3.8) is 0 Å². The highest BCUT2D eigenvalue weighted by atomic mass is 35.5. The minimum absolute atomic E-state index is 0.00522. The van der Waals surface area contributed by atoms with E-state index in [0.717, 1.165) is 5.56 Å². The summed E-state index contributed by atoms with van der Waals surface area (Å²) in [6.45, 7) is 0. The lowest BCUT2D eigenvalue weighted by atomic mass is 10.1. The second-order valence-corrected chi connectivity index (χ2v) is 5.09. The fraction of sp³-hybridized carbons (Fsp3) is 0. The van der Waals surface area contributed by atoms with Crippen LogP contribution in [0.4, 0.5) is 0 Å². The number of carbonyl (C=O) groups is 1. The van der Waals surface area contributed by atoms with E-state index in [1.807, 2.05) is 0 Å². The third kappa shape index (κ3) is 5.14. The molecule has 4 nitrogen and oxygen atoms in total. The lowest BCUT2D eigenvalue weighted by Gasteiger charge is -2.01. The Morgan fingerprint density at radius 3 is 2.12 bits per heavy atom. The van der Waals surface area contributed by atoms with Gasteiger partial charge in [0, 0.05) is 11.1 Å². The Morgan fingerprint density at radius 1 is 0.958 bits per heavy atom. The second kappa shape index (κ2) is 8.33. The molecule has 0 amide bonds. The number of hydrogen-bond donors (Lipinski definition) is 0. The van der Waals surface area contributed by atoms with Crippen molar-refractivity contribution in [2.75, 3.05) is 0 Å². The number of nitriles is 2. The molecule has 0 atom stereocenters. The van der Waals surface area contributed by atoms with Gasteiger partial charge < -0.3 is 4.74 Å². The highest BCUT2D eigenvalue weighted by Crippen LogP contribution is 2.15. The Kier molecular flexibility index (Phi) is 5.91. The van der Waals surface area contributed by atoms with Gasteiger partial charge in [0.1, 0.15) is 23.5 Å². The van der Waals surface area contributed by atoms with Crippen LogP contribution in [-0.4, -0.2) is 5.97 Å². The van der Waals surface area contributed by atoms with Gasteiger partial charge in [-0.2, -0.15) is 10.5 Å². The molecular weight excluding hydrogens is 324 g/mol. The van der Waals surface area contributed by atoms with Crippen LogP contribution in [0.1, 0.15) is 11.1 Å². The molecule has 0 bridgehead atoms. The Balaban J connectivity index is 2.00. The molecule has 0 radical (unpaired) electrons. The summed E-state index contributed by atoms with van der Waals surface area (Å²) in [5, 5.41) is 18.0. The van der Waals surface area contributed by atoms with E-state index in [2.05, 4.69) is 0 Å². The number of ether oxygens (including phenoxy) is 1. The Morgan fingerprint density at radius 2 is 1.54 bits per heavy atom. The second-order valence-electron chi connectivity index (χ2n) is 4.66. The Bertz CT molecular complexity index is 852. The van der Waals surface area contributed by atoms with Gasteiger partial charge in [0.2, 0.25) is 0 Å². The largest absolute Gasteiger partial charge is 0.423 e. The molecule has 0 aliphatic rings. The Hall–Kier alpha value is -3.34. The minimum atomic E-state index is -0.511. The van der Waals surface area contributed by atoms with Crippen LogP contribution in [0.5, 0.6) is 5.75 Å². The zero-order valence-corrected chi connectivity index (χ0v) is 13.2. The molecule has 0 spiro atoms. The number of esters is 1. The summed E-state index contributed by atoms with van der Waals surface area (Å²) < 4.78 is 5.17. The van der Waals surface area contributed by atoms with Crippen LogP contribution in [-0.2, 0) is 4.79 Å². The molecule has 0 saturated heterocycles. The maximum absolute atomic E-state index is 11.8. The SMILES string of the molecule is N#CC(C#N)=Cc1ccc(OC(=O)/C=C/c2ccc(Cl)cc2)cc1. The average Bonchev–Trinajstić information content (AvgIpc) is 2.60. The van der Waals surface area contributed by atoms with Gasteiger partial charge >= 0.3 is 5.97 Å². The fourth-order valence-corrected chi connectivity index (χ4v) is 1.90. The van der Waals surface area contributed by atoms with E-state index < -0.39 is 5.97 Å². The number of halogens is 1. The molecule has 2 aromatic carbocycles. The van der Waals surface area contributed by atoms with Crippen molar-refractivity contribution in [3.05, 3.63) is 76.3 Å². The van der Waals surface area contributed by atoms with Crippen LogP contribution < -0.4 is 4.74 Å². The molecule has 116 valence electrons. The van der Waals surface area contributed by atoms with Crippen LogP contribution in [0, 0.1) is 22.7 Å². The van der Waals surface area contributed by atoms with Crippen molar-refractivity contribution in [1.29, 1.82) is 10.5 Å². The monoisotopic (exact) mass is 334 g/mol. The first-order chi connectivity index (χ1) is 11.6. The number of allylic oxidation sites excluding steroid dienone is 1. The highest BCUT2D eigenvalue weighted by molar-refractivity contribution is 6.30. The molecule has 0 N–H and O–H groups in total. The number of carbonyl (C=O) groups excluding carboxylic acids is 1. The predicted molar refractivity (Wildman–Crippen MR) is 91.8 cm³/mol. The first-order valence-corrected chi connectivity index (χ1v) is 7.26. The molecule has 2 aromatic rings. The first kappa shape index (κ1) is 17.0. The van der Waals surface area contributed by atoms with Crippen LogP contribution in [0.15, 0.2) is 60.2 Å². The van der Waals surface area contributed by atoms with E-state index in [1.54, 1.807) is 66.7 Å². The van der Waals surface area contributed by atoms with Crippen LogP contribution >= 0.6 is 11.6 Å². The van der Waals surface area contributed by atoms with Gasteiger partial charge in [-0.3, -0.25) is 0 Å². The summed E-state index contributed by atoms with van der Waals surface area (Å²) in [5.41, 5.74) is 1.51. The van der Waals surface area contributed by atoms with Crippen molar-refractivity contribution in [3.8, 4) is 17.9 Å². The number of nitrogens with zero attached hydrogens (tertiary/aromatic N) is 2. The number of benzene rings is 2. The molecule has 0 unspecified atom stereocenters. The molecule has 0 aromatic heterocycles. The van der Waals surface area contributed by atoms with Crippen molar-refractivity contribution in [1.82, 2.24) is 0 Å². The van der Waals surface area contributed by atoms with Gasteiger partial charge in [0.25, 0.3) is 0 Å².